The van der Waals surface area contributed by atoms with Crippen molar-refractivity contribution < 1.29 is 18.7 Å². The minimum absolute atomic E-state index is 0.107. The molecule has 0 aromatic carbocycles. The van der Waals surface area contributed by atoms with Crippen molar-refractivity contribution in [1.82, 2.24) is 0 Å². The molecule has 0 heterocycles. The first-order chi connectivity index (χ1) is 8.91. The molecule has 0 radical (unpaired) electrons. The van der Waals surface area contributed by atoms with Crippen molar-refractivity contribution in [2.24, 2.45) is 0 Å². The van der Waals surface area contributed by atoms with Crippen molar-refractivity contribution >= 4 is 5.97 Å². The van der Waals surface area contributed by atoms with Crippen molar-refractivity contribution in [3.8, 4) is 0 Å². The van der Waals surface area contributed by atoms with Gasteiger partial charge in [-0.05, 0) is 24.0 Å². The molecule has 0 aromatic rings. The van der Waals surface area contributed by atoms with E-state index >= 15 is 0 Å². The summed E-state index contributed by atoms with van der Waals surface area (Å²) >= 11 is 0. The molecule has 1 N–H and O–H groups in total. The molecular weight excluding hydrogens is 250 g/mol. The Morgan fingerprint density at radius 2 is 2.05 bits per heavy atom. The van der Waals surface area contributed by atoms with Crippen LogP contribution in [0.3, 0.4) is 0 Å². The number of aliphatic carboxylic acids is 1. The number of alkyl halides is 2. The summed E-state index contributed by atoms with van der Waals surface area (Å²) in [4.78, 5) is 11.0. The average Bonchev–Trinajstić information content (AvgIpc) is 2.35. The fraction of sp³-hybridized carbons (Fsp3) is 0.533. The van der Waals surface area contributed by atoms with Gasteiger partial charge in [0.2, 0.25) is 0 Å². The monoisotopic (exact) mass is 272 g/mol. The van der Waals surface area contributed by atoms with E-state index in [-0.39, 0.29) is 24.0 Å². The molecule has 1 fully saturated rings. The summed E-state index contributed by atoms with van der Waals surface area (Å²) in [6.07, 6.45) is 3.16. The van der Waals surface area contributed by atoms with Gasteiger partial charge in [-0.1, -0.05) is 39.5 Å². The molecule has 1 saturated carbocycles. The van der Waals surface area contributed by atoms with Gasteiger partial charge in [-0.15, -0.1) is 0 Å². The Balaban J connectivity index is 0.00000154. The van der Waals surface area contributed by atoms with Gasteiger partial charge in [-0.3, -0.25) is 0 Å². The normalized spacial score (nSPS) is 22.3. The number of hydrogen-bond acceptors (Lipinski definition) is 1. The zero-order valence-electron chi connectivity index (χ0n) is 11.8. The predicted octanol–water partition coefficient (Wildman–Crippen LogP) is 4.74. The highest BCUT2D eigenvalue weighted by Gasteiger charge is 2.37. The van der Waals surface area contributed by atoms with Crippen molar-refractivity contribution in [1.29, 1.82) is 0 Å². The van der Waals surface area contributed by atoms with Gasteiger partial charge < -0.3 is 5.11 Å². The Bertz CT molecular complexity index is 393. The molecule has 1 rings (SSSR count). The molecule has 0 spiro atoms. The van der Waals surface area contributed by atoms with Gasteiger partial charge in [-0.25, -0.2) is 13.6 Å². The van der Waals surface area contributed by atoms with E-state index in [0.717, 1.165) is 11.6 Å². The molecule has 0 aliphatic heterocycles. The van der Waals surface area contributed by atoms with Crippen LogP contribution in [-0.2, 0) is 4.79 Å². The van der Waals surface area contributed by atoms with Crippen molar-refractivity contribution in [2.75, 3.05) is 0 Å². The van der Waals surface area contributed by atoms with Crippen LogP contribution < -0.4 is 0 Å². The van der Waals surface area contributed by atoms with Gasteiger partial charge in [0, 0.05) is 12.8 Å². The lowest BCUT2D eigenvalue weighted by Gasteiger charge is -2.27. The van der Waals surface area contributed by atoms with E-state index in [4.69, 9.17) is 5.11 Å². The van der Waals surface area contributed by atoms with Crippen molar-refractivity contribution in [3.05, 3.63) is 35.5 Å². The molecule has 1 aliphatic carbocycles. The largest absolute Gasteiger partial charge is 0.478 e. The lowest BCUT2D eigenvalue weighted by Crippen LogP contribution is -2.24. The fourth-order valence-corrected chi connectivity index (χ4v) is 2.01. The Labute approximate surface area is 113 Å². The maximum atomic E-state index is 13.3. The molecule has 1 aliphatic rings. The zero-order valence-corrected chi connectivity index (χ0v) is 11.8. The molecule has 2 nitrogen and oxygen atoms in total. The van der Waals surface area contributed by atoms with Crippen LogP contribution in [0, 0.1) is 0 Å². The first-order valence-electron chi connectivity index (χ1n) is 6.57. The van der Waals surface area contributed by atoms with Gasteiger partial charge in [0.05, 0.1) is 5.57 Å². The molecule has 0 amide bonds. The van der Waals surface area contributed by atoms with E-state index in [0.29, 0.717) is 6.42 Å². The molecule has 0 unspecified atom stereocenters. The van der Waals surface area contributed by atoms with Crippen LogP contribution in [-0.4, -0.2) is 17.0 Å². The second-order valence-electron chi connectivity index (χ2n) is 4.07. The average molecular weight is 272 g/mol. The van der Waals surface area contributed by atoms with Crippen LogP contribution in [0.1, 0.15) is 46.5 Å². The highest BCUT2D eigenvalue weighted by Crippen LogP contribution is 2.41. The first-order valence-corrected chi connectivity index (χ1v) is 6.57. The van der Waals surface area contributed by atoms with Crippen LogP contribution in [0.5, 0.6) is 0 Å². The number of carboxylic acids is 1. The third kappa shape index (κ3) is 4.97. The maximum Gasteiger partial charge on any atom is 0.335 e. The van der Waals surface area contributed by atoms with E-state index in [1.165, 1.54) is 0 Å². The summed E-state index contributed by atoms with van der Waals surface area (Å²) in [6, 6.07) is 0. The lowest BCUT2D eigenvalue weighted by atomic mass is 9.83. The van der Waals surface area contributed by atoms with Gasteiger partial charge in [-0.2, -0.15) is 0 Å². The van der Waals surface area contributed by atoms with E-state index in [1.807, 2.05) is 26.8 Å². The quantitative estimate of drug-likeness (QED) is 0.754. The number of halogens is 2. The van der Waals surface area contributed by atoms with E-state index in [9.17, 15) is 13.6 Å². The summed E-state index contributed by atoms with van der Waals surface area (Å²) in [5.74, 6) is -4.01. The van der Waals surface area contributed by atoms with Gasteiger partial charge in [0.15, 0.2) is 0 Å². The maximum absolute atomic E-state index is 13.3. The summed E-state index contributed by atoms with van der Waals surface area (Å²) < 4.78 is 26.7. The second-order valence-corrected chi connectivity index (χ2v) is 4.07. The van der Waals surface area contributed by atoms with Crippen LogP contribution >= 0.6 is 0 Å². The van der Waals surface area contributed by atoms with Crippen LogP contribution in [0.4, 0.5) is 8.78 Å². The standard InChI is InChI=1S/C13H16F2O2.C2H6/c1-3-5-9-6-7-13(14,15)8-11(9)10(4-2)12(16)17;1-2/h4-5H,2-3,6-8H2,1H3,(H,16,17);1-2H3/b9-5+,11-10+;. The summed E-state index contributed by atoms with van der Waals surface area (Å²) in [7, 11) is 0. The number of carboxylic acid groups (broad SMARTS) is 1. The Hall–Kier alpha value is -1.45. The van der Waals surface area contributed by atoms with Crippen molar-refractivity contribution in [2.45, 2.75) is 52.4 Å². The Morgan fingerprint density at radius 3 is 2.47 bits per heavy atom. The Morgan fingerprint density at radius 1 is 1.47 bits per heavy atom. The first kappa shape index (κ1) is 17.6. The molecule has 0 atom stereocenters. The van der Waals surface area contributed by atoms with Gasteiger partial charge >= 0.3 is 5.97 Å². The van der Waals surface area contributed by atoms with E-state index < -0.39 is 18.3 Å². The SMILES string of the molecule is C=C/C(C(=O)O)=C1/CC(F)(F)CC/C1=C\CC.CC. The number of hydrogen-bond donors (Lipinski definition) is 1. The second kappa shape index (κ2) is 7.87. The van der Waals surface area contributed by atoms with Gasteiger partial charge in [0.25, 0.3) is 5.92 Å². The minimum Gasteiger partial charge on any atom is -0.478 e. The molecule has 0 saturated heterocycles. The number of allylic oxidation sites excluding steroid dienone is 3. The summed E-state index contributed by atoms with van der Waals surface area (Å²) in [6.45, 7) is 9.28. The summed E-state index contributed by atoms with van der Waals surface area (Å²) in [5, 5.41) is 8.98. The summed E-state index contributed by atoms with van der Waals surface area (Å²) in [5.41, 5.74) is 0.838. The lowest BCUT2D eigenvalue weighted by molar-refractivity contribution is -0.132. The topological polar surface area (TPSA) is 37.3 Å². The fourth-order valence-electron chi connectivity index (χ4n) is 2.01. The smallest absolute Gasteiger partial charge is 0.335 e. The number of carbonyl (C=O) groups is 1. The molecule has 108 valence electrons. The molecule has 0 aromatic heterocycles. The van der Waals surface area contributed by atoms with E-state index in [1.54, 1.807) is 0 Å². The molecule has 4 heteroatoms. The van der Waals surface area contributed by atoms with Crippen molar-refractivity contribution in [3.63, 3.8) is 0 Å². The third-order valence-electron chi connectivity index (χ3n) is 2.79. The van der Waals surface area contributed by atoms with Crippen LogP contribution in [0.2, 0.25) is 0 Å². The van der Waals surface area contributed by atoms with Crippen LogP contribution in [0.25, 0.3) is 0 Å². The van der Waals surface area contributed by atoms with E-state index in [2.05, 4.69) is 6.58 Å². The highest BCUT2D eigenvalue weighted by atomic mass is 19.3. The number of rotatable bonds is 3. The minimum atomic E-state index is -2.82. The Kier molecular flexibility index (Phi) is 7.27. The zero-order chi connectivity index (χ0) is 15.1. The third-order valence-corrected chi connectivity index (χ3v) is 2.79. The molecule has 19 heavy (non-hydrogen) atoms. The molecule has 0 bridgehead atoms. The van der Waals surface area contributed by atoms with Gasteiger partial charge in [0.1, 0.15) is 0 Å². The highest BCUT2D eigenvalue weighted by molar-refractivity contribution is 5.91. The van der Waals surface area contributed by atoms with Crippen LogP contribution in [0.15, 0.2) is 35.5 Å². The predicted molar refractivity (Wildman–Crippen MR) is 73.4 cm³/mol. The molecular formula is C15H22F2O2.